The summed E-state index contributed by atoms with van der Waals surface area (Å²) in [6, 6.07) is 8.95. The molecule has 2 saturated carbocycles. The van der Waals surface area contributed by atoms with E-state index in [2.05, 4.69) is 48.6 Å². The van der Waals surface area contributed by atoms with Crippen LogP contribution in [0, 0.1) is 11.8 Å². The van der Waals surface area contributed by atoms with E-state index >= 15 is 0 Å². The van der Waals surface area contributed by atoms with E-state index in [4.69, 9.17) is 0 Å². The van der Waals surface area contributed by atoms with Gasteiger partial charge in [0.15, 0.2) is 0 Å². The fourth-order valence-electron chi connectivity index (χ4n) is 4.09. The first-order valence-corrected chi connectivity index (χ1v) is 8.65. The van der Waals surface area contributed by atoms with Gasteiger partial charge >= 0.3 is 0 Å². The number of likely N-dealkylation sites (N-methyl/N-ethyl adjacent to an activating group) is 1. The molecule has 3 nitrogen and oxygen atoms in total. The molecule has 0 aliphatic heterocycles. The molecule has 0 radical (unpaired) electrons. The Morgan fingerprint density at radius 2 is 1.59 bits per heavy atom. The molecule has 1 amide bonds. The first-order valence-electron chi connectivity index (χ1n) is 8.65. The maximum absolute atomic E-state index is 13.2. The molecule has 4 rings (SSSR count). The maximum Gasteiger partial charge on any atom is 0.241 e. The third kappa shape index (κ3) is 2.36. The first kappa shape index (κ1) is 14.3. The summed E-state index contributed by atoms with van der Waals surface area (Å²) in [6.07, 6.45) is 6.88. The number of carbonyl (C=O) groups excluding carboxylic acids is 1. The van der Waals surface area contributed by atoms with Crippen molar-refractivity contribution in [2.75, 3.05) is 14.1 Å². The molecule has 1 aromatic rings. The number of nitrogens with zero attached hydrogens (tertiary/aromatic N) is 1. The van der Waals surface area contributed by atoms with E-state index in [1.807, 2.05) is 0 Å². The van der Waals surface area contributed by atoms with Gasteiger partial charge in [-0.1, -0.05) is 24.3 Å². The van der Waals surface area contributed by atoms with Crippen molar-refractivity contribution in [3.05, 3.63) is 35.4 Å². The van der Waals surface area contributed by atoms with Gasteiger partial charge in [-0.05, 0) is 62.7 Å². The molecule has 0 heterocycles. The molecule has 1 N–H and O–H groups in total. The SMILES string of the molecule is CN(C)C1(C(=O)NC(C2CC2)C2CC2)Cc2ccccc2C1. The van der Waals surface area contributed by atoms with Crippen LogP contribution in [0.15, 0.2) is 24.3 Å². The Bertz CT molecular complexity index is 550. The zero-order valence-corrected chi connectivity index (χ0v) is 13.6. The van der Waals surface area contributed by atoms with Crippen molar-refractivity contribution in [3.63, 3.8) is 0 Å². The summed E-state index contributed by atoms with van der Waals surface area (Å²) in [4.78, 5) is 15.3. The Hall–Kier alpha value is -1.35. The monoisotopic (exact) mass is 298 g/mol. The molecule has 0 aromatic heterocycles. The van der Waals surface area contributed by atoms with Crippen molar-refractivity contribution in [1.82, 2.24) is 10.2 Å². The van der Waals surface area contributed by atoms with E-state index in [0.29, 0.717) is 6.04 Å². The van der Waals surface area contributed by atoms with E-state index in [9.17, 15) is 4.79 Å². The Morgan fingerprint density at radius 3 is 2.00 bits per heavy atom. The Kier molecular flexibility index (Phi) is 3.30. The van der Waals surface area contributed by atoms with Crippen LogP contribution in [0.25, 0.3) is 0 Å². The zero-order chi connectivity index (χ0) is 15.3. The third-order valence-electron chi connectivity index (χ3n) is 5.92. The molecule has 118 valence electrons. The molecule has 2 fully saturated rings. The molecule has 0 spiro atoms. The normalized spacial score (nSPS) is 22.9. The minimum atomic E-state index is -0.397. The average Bonchev–Trinajstić information content (AvgIpc) is 3.40. The van der Waals surface area contributed by atoms with Crippen molar-refractivity contribution >= 4 is 5.91 Å². The largest absolute Gasteiger partial charge is 0.351 e. The lowest BCUT2D eigenvalue weighted by atomic mass is 9.91. The predicted octanol–water partition coefficient (Wildman–Crippen LogP) is 2.39. The minimum absolute atomic E-state index is 0.248. The van der Waals surface area contributed by atoms with Gasteiger partial charge in [-0.3, -0.25) is 9.69 Å². The van der Waals surface area contributed by atoms with E-state index < -0.39 is 5.54 Å². The Labute approximate surface area is 133 Å². The highest BCUT2D eigenvalue weighted by Crippen LogP contribution is 2.45. The van der Waals surface area contributed by atoms with Crippen LogP contribution in [0.2, 0.25) is 0 Å². The van der Waals surface area contributed by atoms with Gasteiger partial charge in [-0.2, -0.15) is 0 Å². The van der Waals surface area contributed by atoms with Crippen LogP contribution in [-0.2, 0) is 17.6 Å². The number of fused-ring (bicyclic) bond motifs is 1. The third-order valence-corrected chi connectivity index (χ3v) is 5.92. The van der Waals surface area contributed by atoms with Crippen molar-refractivity contribution in [3.8, 4) is 0 Å². The van der Waals surface area contributed by atoms with Gasteiger partial charge in [0.05, 0.1) is 0 Å². The highest BCUT2D eigenvalue weighted by Gasteiger charge is 2.49. The second-order valence-electron chi connectivity index (χ2n) is 7.72. The lowest BCUT2D eigenvalue weighted by Gasteiger charge is -2.36. The first-order chi connectivity index (χ1) is 10.6. The molecule has 0 saturated heterocycles. The second kappa shape index (κ2) is 5.09. The fourth-order valence-corrected chi connectivity index (χ4v) is 4.09. The smallest absolute Gasteiger partial charge is 0.241 e. The number of carbonyl (C=O) groups is 1. The molecular formula is C19H26N2O. The summed E-state index contributed by atoms with van der Waals surface area (Å²) >= 11 is 0. The van der Waals surface area contributed by atoms with Crippen LogP contribution in [0.5, 0.6) is 0 Å². The topological polar surface area (TPSA) is 32.3 Å². The van der Waals surface area contributed by atoms with E-state index in [0.717, 1.165) is 24.7 Å². The highest BCUT2D eigenvalue weighted by molar-refractivity contribution is 5.88. The lowest BCUT2D eigenvalue weighted by molar-refractivity contribution is -0.132. The Morgan fingerprint density at radius 1 is 1.09 bits per heavy atom. The van der Waals surface area contributed by atoms with Gasteiger partial charge < -0.3 is 5.32 Å². The van der Waals surface area contributed by atoms with Gasteiger partial charge in [0, 0.05) is 18.9 Å². The molecular weight excluding hydrogens is 272 g/mol. The molecule has 0 bridgehead atoms. The molecule has 3 heteroatoms. The Balaban J connectivity index is 1.56. The number of nitrogens with one attached hydrogen (secondary N) is 1. The average molecular weight is 298 g/mol. The van der Waals surface area contributed by atoms with Crippen LogP contribution in [-0.4, -0.2) is 36.5 Å². The molecule has 3 aliphatic rings. The van der Waals surface area contributed by atoms with Crippen LogP contribution >= 0.6 is 0 Å². The van der Waals surface area contributed by atoms with Crippen molar-refractivity contribution in [2.24, 2.45) is 11.8 Å². The van der Waals surface area contributed by atoms with Crippen LogP contribution < -0.4 is 5.32 Å². The maximum atomic E-state index is 13.2. The van der Waals surface area contributed by atoms with E-state index in [-0.39, 0.29) is 5.91 Å². The standard InChI is InChI=1S/C19H26N2O/c1-21(2)19(11-15-5-3-4-6-16(15)12-19)18(22)20-17(13-7-8-13)14-9-10-14/h3-6,13-14,17H,7-12H2,1-2H3,(H,20,22). The predicted molar refractivity (Wildman–Crippen MR) is 87.6 cm³/mol. The number of rotatable bonds is 5. The van der Waals surface area contributed by atoms with Gasteiger partial charge in [0.2, 0.25) is 5.91 Å². The molecule has 22 heavy (non-hydrogen) atoms. The van der Waals surface area contributed by atoms with Crippen LogP contribution in [0.4, 0.5) is 0 Å². The molecule has 0 unspecified atom stereocenters. The van der Waals surface area contributed by atoms with Gasteiger partial charge in [-0.25, -0.2) is 0 Å². The van der Waals surface area contributed by atoms with Crippen molar-refractivity contribution in [1.29, 1.82) is 0 Å². The summed E-state index contributed by atoms with van der Waals surface area (Å²) in [5.41, 5.74) is 2.27. The summed E-state index contributed by atoms with van der Waals surface area (Å²) < 4.78 is 0. The summed E-state index contributed by atoms with van der Waals surface area (Å²) in [5.74, 6) is 1.75. The van der Waals surface area contributed by atoms with Gasteiger partial charge in [0.25, 0.3) is 0 Å². The van der Waals surface area contributed by atoms with Gasteiger partial charge in [0.1, 0.15) is 5.54 Å². The van der Waals surface area contributed by atoms with Crippen LogP contribution in [0.3, 0.4) is 0 Å². The fraction of sp³-hybridized carbons (Fsp3) is 0.632. The quantitative estimate of drug-likeness (QED) is 0.905. The summed E-state index contributed by atoms with van der Waals surface area (Å²) in [6.45, 7) is 0. The zero-order valence-electron chi connectivity index (χ0n) is 13.6. The number of hydrogen-bond acceptors (Lipinski definition) is 2. The van der Waals surface area contributed by atoms with Gasteiger partial charge in [-0.15, -0.1) is 0 Å². The van der Waals surface area contributed by atoms with E-state index in [1.165, 1.54) is 36.8 Å². The number of hydrogen-bond donors (Lipinski definition) is 1. The number of benzene rings is 1. The summed E-state index contributed by atoms with van der Waals surface area (Å²) in [7, 11) is 4.10. The lowest BCUT2D eigenvalue weighted by Crippen LogP contribution is -2.59. The molecule has 1 aromatic carbocycles. The molecule has 0 atom stereocenters. The highest BCUT2D eigenvalue weighted by atomic mass is 16.2. The minimum Gasteiger partial charge on any atom is -0.351 e. The summed E-state index contributed by atoms with van der Waals surface area (Å²) in [5, 5.41) is 3.46. The molecule has 3 aliphatic carbocycles. The second-order valence-corrected chi connectivity index (χ2v) is 7.72. The number of amides is 1. The van der Waals surface area contributed by atoms with Crippen LogP contribution in [0.1, 0.15) is 36.8 Å². The van der Waals surface area contributed by atoms with Crippen molar-refractivity contribution in [2.45, 2.75) is 50.1 Å². The van der Waals surface area contributed by atoms with Crippen molar-refractivity contribution < 1.29 is 4.79 Å². The van der Waals surface area contributed by atoms with E-state index in [1.54, 1.807) is 0 Å².